The highest BCUT2D eigenvalue weighted by molar-refractivity contribution is 5.69. The zero-order chi connectivity index (χ0) is 30.4. The van der Waals surface area contributed by atoms with Crippen LogP contribution in [0.2, 0.25) is 0 Å². The van der Waals surface area contributed by atoms with Gasteiger partial charge in [0.2, 0.25) is 0 Å². The quantitative estimate of drug-likeness (QED) is 0.0604. The van der Waals surface area contributed by atoms with Gasteiger partial charge in [-0.2, -0.15) is 0 Å². The second-order valence-corrected chi connectivity index (χ2v) is 12.8. The molecule has 0 aliphatic rings. The molecule has 0 bridgehead atoms. The topological polar surface area (TPSA) is 52.6 Å². The molecule has 0 saturated heterocycles. The third kappa shape index (κ3) is 26.3. The van der Waals surface area contributed by atoms with Gasteiger partial charge in [-0.1, -0.05) is 157 Å². The van der Waals surface area contributed by atoms with Crippen molar-refractivity contribution in [1.82, 2.24) is 0 Å². The summed E-state index contributed by atoms with van der Waals surface area (Å²) in [5.41, 5.74) is 0. The predicted molar refractivity (Wildman–Crippen MR) is 176 cm³/mol. The van der Waals surface area contributed by atoms with Crippen LogP contribution in [-0.4, -0.2) is 25.2 Å². The second kappa shape index (κ2) is 30.4. The maximum atomic E-state index is 12.3. The minimum absolute atomic E-state index is 0.00316. The van der Waals surface area contributed by atoms with E-state index in [0.717, 1.165) is 38.5 Å². The van der Waals surface area contributed by atoms with Crippen LogP contribution in [0.3, 0.4) is 0 Å². The smallest absolute Gasteiger partial charge is 0.306 e. The summed E-state index contributed by atoms with van der Waals surface area (Å²) in [5.74, 6) is 1.58. The summed E-state index contributed by atoms with van der Waals surface area (Å²) in [7, 11) is 0. The molecule has 0 aliphatic carbocycles. The van der Waals surface area contributed by atoms with Gasteiger partial charge in [0.05, 0.1) is 13.2 Å². The summed E-state index contributed by atoms with van der Waals surface area (Å²) in [6.45, 7) is 12.3. The van der Waals surface area contributed by atoms with Crippen LogP contribution < -0.4 is 0 Å². The Balaban J connectivity index is 3.55. The minimum atomic E-state index is 0.00316. The molecule has 0 radical (unpaired) electrons. The van der Waals surface area contributed by atoms with Crippen LogP contribution in [0.15, 0.2) is 0 Å². The average molecular weight is 581 g/mol. The third-order valence-electron chi connectivity index (χ3n) is 9.07. The molecule has 4 nitrogen and oxygen atoms in total. The summed E-state index contributed by atoms with van der Waals surface area (Å²) in [6, 6.07) is 0. The molecule has 3 atom stereocenters. The Morgan fingerprint density at radius 2 is 0.805 bits per heavy atom. The highest BCUT2D eigenvalue weighted by atomic mass is 16.5. The van der Waals surface area contributed by atoms with Gasteiger partial charge in [-0.05, 0) is 43.4 Å². The average Bonchev–Trinajstić information content (AvgIpc) is 2.98. The van der Waals surface area contributed by atoms with E-state index >= 15 is 0 Å². The first-order valence-electron chi connectivity index (χ1n) is 18.3. The van der Waals surface area contributed by atoms with Crippen molar-refractivity contribution in [2.24, 2.45) is 17.8 Å². The molecular weight excluding hydrogens is 508 g/mol. The van der Waals surface area contributed by atoms with Crippen molar-refractivity contribution in [3.63, 3.8) is 0 Å². The Morgan fingerprint density at radius 3 is 1.22 bits per heavy atom. The molecule has 0 rings (SSSR count). The van der Waals surface area contributed by atoms with Crippen molar-refractivity contribution >= 4 is 11.9 Å². The predicted octanol–water partition coefficient (Wildman–Crippen LogP) is 11.8. The Morgan fingerprint density at radius 1 is 0.439 bits per heavy atom. The number of hydrogen-bond acceptors (Lipinski definition) is 4. The summed E-state index contributed by atoms with van der Waals surface area (Å²) in [5, 5.41) is 0. The Labute approximate surface area is 256 Å². The first-order valence-corrected chi connectivity index (χ1v) is 18.3. The lowest BCUT2D eigenvalue weighted by Gasteiger charge is -2.17. The zero-order valence-corrected chi connectivity index (χ0v) is 28.5. The van der Waals surface area contributed by atoms with Gasteiger partial charge in [-0.3, -0.25) is 9.59 Å². The Bertz CT molecular complexity index is 575. The number of esters is 2. The molecule has 0 amide bonds. The molecule has 3 unspecified atom stereocenters. The van der Waals surface area contributed by atoms with Crippen molar-refractivity contribution in [2.75, 3.05) is 13.2 Å². The van der Waals surface area contributed by atoms with Crippen molar-refractivity contribution in [3.05, 3.63) is 0 Å². The summed E-state index contributed by atoms with van der Waals surface area (Å²) >= 11 is 0. The fourth-order valence-electron chi connectivity index (χ4n) is 5.68. The van der Waals surface area contributed by atoms with E-state index in [2.05, 4.69) is 34.6 Å². The lowest BCUT2D eigenvalue weighted by molar-refractivity contribution is -0.146. The van der Waals surface area contributed by atoms with Crippen LogP contribution in [0.4, 0.5) is 0 Å². The van der Waals surface area contributed by atoms with E-state index in [1.165, 1.54) is 109 Å². The van der Waals surface area contributed by atoms with Gasteiger partial charge in [0.25, 0.3) is 0 Å². The molecule has 0 aromatic carbocycles. The number of hydrogen-bond donors (Lipinski definition) is 0. The molecule has 0 aromatic rings. The maximum Gasteiger partial charge on any atom is 0.306 e. The van der Waals surface area contributed by atoms with Crippen LogP contribution in [-0.2, 0) is 19.1 Å². The minimum Gasteiger partial charge on any atom is -0.465 e. The van der Waals surface area contributed by atoms with Gasteiger partial charge in [0.15, 0.2) is 0 Å². The van der Waals surface area contributed by atoms with Crippen LogP contribution in [0.5, 0.6) is 0 Å². The number of unbranched alkanes of at least 4 members (excludes halogenated alkanes) is 14. The van der Waals surface area contributed by atoms with E-state index in [1.54, 1.807) is 0 Å². The van der Waals surface area contributed by atoms with Crippen molar-refractivity contribution in [2.45, 2.75) is 195 Å². The molecule has 0 aliphatic heterocycles. The lowest BCUT2D eigenvalue weighted by Crippen LogP contribution is -2.16. The largest absolute Gasteiger partial charge is 0.465 e. The number of rotatable bonds is 31. The van der Waals surface area contributed by atoms with Gasteiger partial charge in [-0.15, -0.1) is 0 Å². The van der Waals surface area contributed by atoms with Gasteiger partial charge >= 0.3 is 11.9 Å². The van der Waals surface area contributed by atoms with E-state index in [-0.39, 0.29) is 11.9 Å². The Kier molecular flexibility index (Phi) is 29.6. The molecule has 0 heterocycles. The van der Waals surface area contributed by atoms with Crippen LogP contribution in [0.25, 0.3) is 0 Å². The van der Waals surface area contributed by atoms with Gasteiger partial charge in [0, 0.05) is 12.8 Å². The third-order valence-corrected chi connectivity index (χ3v) is 9.07. The van der Waals surface area contributed by atoms with Crippen LogP contribution >= 0.6 is 0 Å². The molecule has 0 N–H and O–H groups in total. The molecule has 244 valence electrons. The van der Waals surface area contributed by atoms with Crippen LogP contribution in [0, 0.1) is 17.8 Å². The first kappa shape index (κ1) is 39.9. The fraction of sp³-hybridized carbons (Fsp3) is 0.946. The van der Waals surface area contributed by atoms with E-state index < -0.39 is 0 Å². The van der Waals surface area contributed by atoms with E-state index in [4.69, 9.17) is 9.47 Å². The summed E-state index contributed by atoms with van der Waals surface area (Å²) in [4.78, 5) is 24.3. The van der Waals surface area contributed by atoms with Crippen molar-refractivity contribution in [1.29, 1.82) is 0 Å². The molecular formula is C37H72O4. The normalized spacial score (nSPS) is 13.6. The van der Waals surface area contributed by atoms with E-state index in [1.807, 2.05) is 0 Å². The highest BCUT2D eigenvalue weighted by Crippen LogP contribution is 2.21. The highest BCUT2D eigenvalue weighted by Gasteiger charge is 2.15. The lowest BCUT2D eigenvalue weighted by atomic mass is 9.94. The molecule has 0 fully saturated rings. The maximum absolute atomic E-state index is 12.3. The molecule has 41 heavy (non-hydrogen) atoms. The molecule has 0 saturated carbocycles. The van der Waals surface area contributed by atoms with Crippen molar-refractivity contribution < 1.29 is 19.1 Å². The summed E-state index contributed by atoms with van der Waals surface area (Å²) in [6.07, 6.45) is 29.6. The van der Waals surface area contributed by atoms with Crippen molar-refractivity contribution in [3.8, 4) is 0 Å². The zero-order valence-electron chi connectivity index (χ0n) is 28.5. The SMILES string of the molecule is CCCCC(CC)COC(=O)CCCCCCCCCCCCCCCC(CC)CC(=O)OCC(CC)CCCC. The van der Waals surface area contributed by atoms with Crippen LogP contribution in [0.1, 0.15) is 195 Å². The number of carbonyl (C=O) groups excluding carboxylic acids is 2. The van der Waals surface area contributed by atoms with Gasteiger partial charge in [-0.25, -0.2) is 0 Å². The number of ether oxygens (including phenoxy) is 2. The Hall–Kier alpha value is -1.06. The fourth-order valence-corrected chi connectivity index (χ4v) is 5.68. The molecule has 4 heteroatoms. The van der Waals surface area contributed by atoms with Gasteiger partial charge < -0.3 is 9.47 Å². The molecule has 0 spiro atoms. The van der Waals surface area contributed by atoms with E-state index in [9.17, 15) is 9.59 Å². The number of carbonyl (C=O) groups is 2. The standard InChI is InChI=1S/C37H72O4/c1-6-11-26-34(9-4)31-40-36(38)29-25-23-21-19-17-15-13-14-16-18-20-22-24-28-33(8-3)30-37(39)41-32-35(10-5)27-12-7-2/h33-35H,6-32H2,1-5H3. The molecule has 0 aromatic heterocycles. The summed E-state index contributed by atoms with van der Waals surface area (Å²) < 4.78 is 11.1. The van der Waals surface area contributed by atoms with Gasteiger partial charge in [0.1, 0.15) is 0 Å². The van der Waals surface area contributed by atoms with E-state index in [0.29, 0.717) is 43.8 Å². The second-order valence-electron chi connectivity index (χ2n) is 12.8. The monoisotopic (exact) mass is 581 g/mol. The first-order chi connectivity index (χ1) is 20.0.